The van der Waals surface area contributed by atoms with Crippen molar-refractivity contribution in [2.75, 3.05) is 0 Å². The molecule has 2 nitrogen and oxygen atoms in total. The smallest absolute Gasteiger partial charge is 0.0718 e. The maximum Gasteiger partial charge on any atom is 0.0718 e. The fraction of sp³-hybridized carbons (Fsp3) is 0.0625. The molecule has 2 aromatic heterocycles. The van der Waals surface area contributed by atoms with Gasteiger partial charge in [0.25, 0.3) is 0 Å². The summed E-state index contributed by atoms with van der Waals surface area (Å²) in [5, 5.41) is 0.660. The van der Waals surface area contributed by atoms with Gasteiger partial charge in [0.2, 0.25) is 0 Å². The molecule has 0 aliphatic heterocycles. The quantitative estimate of drug-likeness (QED) is 0.694. The van der Waals surface area contributed by atoms with Crippen LogP contribution in [0.2, 0.25) is 5.02 Å². The van der Waals surface area contributed by atoms with E-state index in [-0.39, 0.29) is 0 Å². The van der Waals surface area contributed by atoms with E-state index < -0.39 is 0 Å². The topological polar surface area (TPSA) is 17.8 Å². The molecular formula is C16H13ClN2. The molecule has 0 amide bonds. The second kappa shape index (κ2) is 5.29. The van der Waals surface area contributed by atoms with E-state index in [0.717, 1.165) is 17.8 Å². The van der Waals surface area contributed by atoms with Gasteiger partial charge in [0.15, 0.2) is 0 Å². The van der Waals surface area contributed by atoms with Gasteiger partial charge in [0.05, 0.1) is 10.7 Å². The molecule has 0 saturated carbocycles. The number of hydrogen-bond acceptors (Lipinski definition) is 1. The minimum absolute atomic E-state index is 0.660. The van der Waals surface area contributed by atoms with Crippen molar-refractivity contribution in [1.82, 2.24) is 9.55 Å². The van der Waals surface area contributed by atoms with Crippen LogP contribution in [0.4, 0.5) is 0 Å². The highest BCUT2D eigenvalue weighted by molar-refractivity contribution is 6.30. The van der Waals surface area contributed by atoms with E-state index in [0.29, 0.717) is 5.02 Å². The molecule has 0 bridgehead atoms. The fourth-order valence-electron chi connectivity index (χ4n) is 2.03. The van der Waals surface area contributed by atoms with Crippen LogP contribution >= 0.6 is 11.6 Å². The zero-order chi connectivity index (χ0) is 13.1. The minimum Gasteiger partial charge on any atom is -0.349 e. The molecule has 0 saturated heterocycles. The number of halogens is 1. The summed E-state index contributed by atoms with van der Waals surface area (Å²) in [5.74, 6) is 0. The second-order valence-corrected chi connectivity index (χ2v) is 4.86. The van der Waals surface area contributed by atoms with Gasteiger partial charge in [-0.2, -0.15) is 0 Å². The molecule has 3 rings (SSSR count). The van der Waals surface area contributed by atoms with Crippen LogP contribution in [0.15, 0.2) is 67.1 Å². The molecule has 19 heavy (non-hydrogen) atoms. The maximum atomic E-state index is 5.84. The standard InChI is InChI=1S/C16H13ClN2/c17-15-6-7-16(18-10-15)14-8-9-19(12-14)11-13-4-2-1-3-5-13/h1-10,12H,11H2. The summed E-state index contributed by atoms with van der Waals surface area (Å²) in [7, 11) is 0. The van der Waals surface area contributed by atoms with Crippen LogP contribution in [0.25, 0.3) is 11.3 Å². The molecule has 3 heteroatoms. The van der Waals surface area contributed by atoms with Gasteiger partial charge in [-0.15, -0.1) is 0 Å². The molecular weight excluding hydrogens is 256 g/mol. The lowest BCUT2D eigenvalue weighted by Gasteiger charge is -2.02. The third-order valence-corrected chi connectivity index (χ3v) is 3.21. The summed E-state index contributed by atoms with van der Waals surface area (Å²) < 4.78 is 2.15. The highest BCUT2D eigenvalue weighted by Gasteiger charge is 2.02. The lowest BCUT2D eigenvalue weighted by Crippen LogP contribution is -1.95. The van der Waals surface area contributed by atoms with Crippen LogP contribution in [0.3, 0.4) is 0 Å². The van der Waals surface area contributed by atoms with Gasteiger partial charge >= 0.3 is 0 Å². The van der Waals surface area contributed by atoms with Crippen LogP contribution in [-0.4, -0.2) is 9.55 Å². The summed E-state index contributed by atoms with van der Waals surface area (Å²) in [6, 6.07) is 16.3. The Hall–Kier alpha value is -2.06. The molecule has 0 atom stereocenters. The van der Waals surface area contributed by atoms with Crippen LogP contribution in [0.1, 0.15) is 5.56 Å². The van der Waals surface area contributed by atoms with E-state index in [4.69, 9.17) is 11.6 Å². The maximum absolute atomic E-state index is 5.84. The Balaban J connectivity index is 1.82. The summed E-state index contributed by atoms with van der Waals surface area (Å²) in [4.78, 5) is 4.32. The molecule has 0 spiro atoms. The Kier molecular flexibility index (Phi) is 3.34. The third kappa shape index (κ3) is 2.85. The summed E-state index contributed by atoms with van der Waals surface area (Å²) in [5.41, 5.74) is 3.33. The monoisotopic (exact) mass is 268 g/mol. The number of benzene rings is 1. The average molecular weight is 269 g/mol. The lowest BCUT2D eigenvalue weighted by molar-refractivity contribution is 0.806. The van der Waals surface area contributed by atoms with Crippen LogP contribution in [-0.2, 0) is 6.54 Å². The molecule has 2 heterocycles. The summed E-state index contributed by atoms with van der Waals surface area (Å²) in [6.07, 6.45) is 5.84. The van der Waals surface area contributed by atoms with Crippen molar-refractivity contribution in [3.05, 3.63) is 77.7 Å². The molecule has 0 radical (unpaired) electrons. The Labute approximate surface area is 117 Å². The molecule has 1 aromatic carbocycles. The summed E-state index contributed by atoms with van der Waals surface area (Å²) in [6.45, 7) is 0.869. The number of pyridine rings is 1. The van der Waals surface area contributed by atoms with E-state index >= 15 is 0 Å². The number of aromatic nitrogens is 2. The van der Waals surface area contributed by atoms with E-state index in [1.807, 2.05) is 18.2 Å². The molecule has 0 aliphatic carbocycles. The van der Waals surface area contributed by atoms with Crippen molar-refractivity contribution in [2.45, 2.75) is 6.54 Å². The first-order chi connectivity index (χ1) is 9.31. The minimum atomic E-state index is 0.660. The van der Waals surface area contributed by atoms with E-state index in [2.05, 4.69) is 52.3 Å². The predicted octanol–water partition coefficient (Wildman–Crippen LogP) is 4.25. The highest BCUT2D eigenvalue weighted by Crippen LogP contribution is 2.19. The van der Waals surface area contributed by atoms with Crippen molar-refractivity contribution in [3.63, 3.8) is 0 Å². The lowest BCUT2D eigenvalue weighted by atomic mass is 10.2. The van der Waals surface area contributed by atoms with Gasteiger partial charge in [-0.25, -0.2) is 0 Å². The zero-order valence-electron chi connectivity index (χ0n) is 10.3. The first-order valence-electron chi connectivity index (χ1n) is 6.13. The molecule has 94 valence electrons. The Morgan fingerprint density at radius 1 is 1.00 bits per heavy atom. The first-order valence-corrected chi connectivity index (χ1v) is 6.51. The van der Waals surface area contributed by atoms with Crippen molar-refractivity contribution >= 4 is 11.6 Å². The highest BCUT2D eigenvalue weighted by atomic mass is 35.5. The third-order valence-electron chi connectivity index (χ3n) is 2.98. The molecule has 3 aromatic rings. The zero-order valence-corrected chi connectivity index (χ0v) is 11.1. The largest absolute Gasteiger partial charge is 0.349 e. The number of hydrogen-bond donors (Lipinski definition) is 0. The normalized spacial score (nSPS) is 10.6. The van der Waals surface area contributed by atoms with Gasteiger partial charge < -0.3 is 4.57 Å². The van der Waals surface area contributed by atoms with E-state index in [1.54, 1.807) is 6.20 Å². The van der Waals surface area contributed by atoms with Gasteiger partial charge in [0, 0.05) is 30.7 Å². The SMILES string of the molecule is Clc1ccc(-c2ccn(Cc3ccccc3)c2)nc1. The molecule has 0 aliphatic rings. The molecule has 0 N–H and O–H groups in total. The van der Waals surface area contributed by atoms with Gasteiger partial charge in [-0.1, -0.05) is 41.9 Å². The average Bonchev–Trinajstić information content (AvgIpc) is 2.89. The van der Waals surface area contributed by atoms with Gasteiger partial charge in [-0.3, -0.25) is 4.98 Å². The Bertz CT molecular complexity index is 657. The fourth-order valence-corrected chi connectivity index (χ4v) is 2.14. The molecule has 0 unspecified atom stereocenters. The first kappa shape index (κ1) is 12.0. The van der Waals surface area contributed by atoms with Crippen molar-refractivity contribution in [2.24, 2.45) is 0 Å². The number of rotatable bonds is 3. The van der Waals surface area contributed by atoms with Crippen LogP contribution in [0.5, 0.6) is 0 Å². The second-order valence-electron chi connectivity index (χ2n) is 4.42. The summed E-state index contributed by atoms with van der Waals surface area (Å²) >= 11 is 5.84. The van der Waals surface area contributed by atoms with E-state index in [1.165, 1.54) is 5.56 Å². The number of nitrogens with zero attached hydrogens (tertiary/aromatic N) is 2. The van der Waals surface area contributed by atoms with Crippen molar-refractivity contribution in [1.29, 1.82) is 0 Å². The molecule has 0 fully saturated rings. The predicted molar refractivity (Wildman–Crippen MR) is 78.2 cm³/mol. The van der Waals surface area contributed by atoms with Crippen molar-refractivity contribution < 1.29 is 0 Å². The van der Waals surface area contributed by atoms with Gasteiger partial charge in [-0.05, 0) is 23.8 Å². The van der Waals surface area contributed by atoms with Crippen LogP contribution < -0.4 is 0 Å². The van der Waals surface area contributed by atoms with Crippen molar-refractivity contribution in [3.8, 4) is 11.3 Å². The Morgan fingerprint density at radius 3 is 2.58 bits per heavy atom. The Morgan fingerprint density at radius 2 is 1.84 bits per heavy atom. The van der Waals surface area contributed by atoms with E-state index in [9.17, 15) is 0 Å². The van der Waals surface area contributed by atoms with Crippen LogP contribution in [0, 0.1) is 0 Å². The van der Waals surface area contributed by atoms with Gasteiger partial charge in [0.1, 0.15) is 0 Å².